The molecule has 0 aliphatic heterocycles. The van der Waals surface area contributed by atoms with E-state index >= 15 is 0 Å². The van der Waals surface area contributed by atoms with Crippen LogP contribution in [0, 0.1) is 0 Å². The maximum atomic E-state index is 12.2. The molecule has 136 valence electrons. The summed E-state index contributed by atoms with van der Waals surface area (Å²) < 4.78 is 0. The third-order valence-electron chi connectivity index (χ3n) is 4.21. The number of aryl methyl sites for hydroxylation is 1. The zero-order chi connectivity index (χ0) is 19.1. The standard InChI is InChI=1S/C22H21N3O2/c1-16(14-15-17-8-3-2-4-9-17)24-25-22(27)21(26)23-20-13-7-11-18-10-5-6-12-19(18)20/h2-13H,14-15H2,1H3,(H,23,26)(H,25,27)/b24-16+. The number of hydrogen-bond donors (Lipinski definition) is 2. The van der Waals surface area contributed by atoms with E-state index in [1.165, 1.54) is 5.56 Å². The molecule has 0 unspecified atom stereocenters. The first-order valence-electron chi connectivity index (χ1n) is 8.79. The van der Waals surface area contributed by atoms with Crippen molar-refractivity contribution in [2.45, 2.75) is 19.8 Å². The molecule has 0 saturated carbocycles. The largest absolute Gasteiger partial charge is 0.329 e. The van der Waals surface area contributed by atoms with E-state index in [1.807, 2.05) is 73.7 Å². The number of hydrazone groups is 1. The fourth-order valence-electron chi connectivity index (χ4n) is 2.74. The van der Waals surface area contributed by atoms with Crippen molar-refractivity contribution in [3.8, 4) is 0 Å². The summed E-state index contributed by atoms with van der Waals surface area (Å²) in [5.74, 6) is -1.53. The van der Waals surface area contributed by atoms with Crippen LogP contribution in [0.25, 0.3) is 10.8 Å². The van der Waals surface area contributed by atoms with Gasteiger partial charge in [-0.15, -0.1) is 0 Å². The van der Waals surface area contributed by atoms with Crippen molar-refractivity contribution in [1.82, 2.24) is 5.43 Å². The number of amides is 2. The smallest absolute Gasteiger partial charge is 0.317 e. The molecule has 2 N–H and O–H groups in total. The van der Waals surface area contributed by atoms with Gasteiger partial charge in [0.05, 0.1) is 0 Å². The first-order chi connectivity index (χ1) is 13.1. The Balaban J connectivity index is 1.56. The summed E-state index contributed by atoms with van der Waals surface area (Å²) in [4.78, 5) is 24.2. The number of carbonyl (C=O) groups excluding carboxylic acids is 2. The molecule has 2 amide bonds. The summed E-state index contributed by atoms with van der Waals surface area (Å²) in [5, 5.41) is 8.54. The first kappa shape index (κ1) is 18.3. The molecule has 0 aliphatic rings. The summed E-state index contributed by atoms with van der Waals surface area (Å²) in [6, 6.07) is 23.2. The van der Waals surface area contributed by atoms with Crippen molar-refractivity contribution < 1.29 is 9.59 Å². The molecule has 0 bridgehead atoms. The summed E-state index contributed by atoms with van der Waals surface area (Å²) in [6.07, 6.45) is 1.53. The molecule has 3 aromatic rings. The lowest BCUT2D eigenvalue weighted by atomic mass is 10.1. The third-order valence-corrected chi connectivity index (χ3v) is 4.21. The lowest BCUT2D eigenvalue weighted by molar-refractivity contribution is -0.136. The predicted molar refractivity (Wildman–Crippen MR) is 109 cm³/mol. The molecule has 0 radical (unpaired) electrons. The molecule has 5 heteroatoms. The maximum absolute atomic E-state index is 12.2. The highest BCUT2D eigenvalue weighted by Crippen LogP contribution is 2.22. The van der Waals surface area contributed by atoms with Crippen molar-refractivity contribution in [3.05, 3.63) is 78.4 Å². The van der Waals surface area contributed by atoms with E-state index in [1.54, 1.807) is 6.07 Å². The lowest BCUT2D eigenvalue weighted by Crippen LogP contribution is -2.33. The molecule has 0 fully saturated rings. The fourth-order valence-corrected chi connectivity index (χ4v) is 2.74. The van der Waals surface area contributed by atoms with Gasteiger partial charge in [-0.1, -0.05) is 66.7 Å². The minimum atomic E-state index is -0.790. The minimum Gasteiger partial charge on any atom is -0.317 e. The molecule has 0 heterocycles. The summed E-state index contributed by atoms with van der Waals surface area (Å²) in [6.45, 7) is 1.83. The molecule has 0 aliphatic carbocycles. The number of nitrogens with zero attached hydrogens (tertiary/aromatic N) is 1. The first-order valence-corrected chi connectivity index (χ1v) is 8.79. The number of carbonyl (C=O) groups is 2. The van der Waals surface area contributed by atoms with Crippen LogP contribution in [0.2, 0.25) is 0 Å². The Hall–Kier alpha value is -3.47. The average molecular weight is 359 g/mol. The number of fused-ring (bicyclic) bond motifs is 1. The maximum Gasteiger partial charge on any atom is 0.329 e. The molecule has 0 atom stereocenters. The van der Waals surface area contributed by atoms with Crippen molar-refractivity contribution in [2.24, 2.45) is 5.10 Å². The molecule has 3 rings (SSSR count). The number of rotatable bonds is 5. The molecule has 0 spiro atoms. The molecule has 0 saturated heterocycles. The second-order valence-corrected chi connectivity index (χ2v) is 6.25. The van der Waals surface area contributed by atoms with Gasteiger partial charge in [0.25, 0.3) is 0 Å². The summed E-state index contributed by atoms with van der Waals surface area (Å²) in [5.41, 5.74) is 4.87. The Labute approximate surface area is 158 Å². The van der Waals surface area contributed by atoms with E-state index in [4.69, 9.17) is 0 Å². The van der Waals surface area contributed by atoms with Gasteiger partial charge in [0.2, 0.25) is 0 Å². The van der Waals surface area contributed by atoms with Crippen molar-refractivity contribution in [3.63, 3.8) is 0 Å². The average Bonchev–Trinajstić information content (AvgIpc) is 2.71. The van der Waals surface area contributed by atoms with Gasteiger partial charge in [0, 0.05) is 16.8 Å². The van der Waals surface area contributed by atoms with Crippen LogP contribution in [0.15, 0.2) is 77.9 Å². The van der Waals surface area contributed by atoms with E-state index in [-0.39, 0.29) is 0 Å². The van der Waals surface area contributed by atoms with Gasteiger partial charge in [-0.25, -0.2) is 5.43 Å². The molecular formula is C22H21N3O2. The SMILES string of the molecule is C/C(CCc1ccccc1)=N\NC(=O)C(=O)Nc1cccc2ccccc12. The van der Waals surface area contributed by atoms with Gasteiger partial charge in [-0.05, 0) is 36.8 Å². The summed E-state index contributed by atoms with van der Waals surface area (Å²) >= 11 is 0. The number of nitrogens with one attached hydrogen (secondary N) is 2. The number of hydrogen-bond acceptors (Lipinski definition) is 3. The monoisotopic (exact) mass is 359 g/mol. The Kier molecular flexibility index (Phi) is 5.94. The quantitative estimate of drug-likeness (QED) is 0.412. The Bertz CT molecular complexity index is 976. The van der Waals surface area contributed by atoms with Crippen LogP contribution >= 0.6 is 0 Å². The molecule has 5 nitrogen and oxygen atoms in total. The van der Waals surface area contributed by atoms with Crippen molar-refractivity contribution in [1.29, 1.82) is 0 Å². The predicted octanol–water partition coefficient (Wildman–Crippen LogP) is 3.90. The molecular weight excluding hydrogens is 338 g/mol. The van der Waals surface area contributed by atoms with E-state index in [0.717, 1.165) is 22.9 Å². The Morgan fingerprint density at radius 1 is 0.852 bits per heavy atom. The van der Waals surface area contributed by atoms with Gasteiger partial charge >= 0.3 is 11.8 Å². The van der Waals surface area contributed by atoms with Gasteiger partial charge < -0.3 is 5.32 Å². The topological polar surface area (TPSA) is 70.6 Å². The van der Waals surface area contributed by atoms with Gasteiger partial charge in [-0.2, -0.15) is 5.10 Å². The number of benzene rings is 3. The highest BCUT2D eigenvalue weighted by molar-refractivity contribution is 6.40. The molecule has 27 heavy (non-hydrogen) atoms. The minimum absolute atomic E-state index is 0.595. The zero-order valence-corrected chi connectivity index (χ0v) is 15.1. The van der Waals surface area contributed by atoms with Crippen LogP contribution in [0.1, 0.15) is 18.9 Å². The van der Waals surface area contributed by atoms with Gasteiger partial charge in [0.1, 0.15) is 0 Å². The normalized spacial score (nSPS) is 11.2. The summed E-state index contributed by atoms with van der Waals surface area (Å²) in [7, 11) is 0. The van der Waals surface area contributed by atoms with Gasteiger partial charge in [0.15, 0.2) is 0 Å². The second kappa shape index (κ2) is 8.76. The Morgan fingerprint density at radius 2 is 1.56 bits per heavy atom. The van der Waals surface area contributed by atoms with Crippen molar-refractivity contribution in [2.75, 3.05) is 5.32 Å². The van der Waals surface area contributed by atoms with Crippen LogP contribution in [-0.2, 0) is 16.0 Å². The molecule has 0 aromatic heterocycles. The molecule has 3 aromatic carbocycles. The van der Waals surface area contributed by atoms with Crippen LogP contribution in [-0.4, -0.2) is 17.5 Å². The van der Waals surface area contributed by atoms with Crippen molar-refractivity contribution >= 4 is 34.0 Å². The van der Waals surface area contributed by atoms with E-state index in [0.29, 0.717) is 12.1 Å². The van der Waals surface area contributed by atoms with Gasteiger partial charge in [-0.3, -0.25) is 9.59 Å². The lowest BCUT2D eigenvalue weighted by Gasteiger charge is -2.08. The third kappa shape index (κ3) is 5.01. The second-order valence-electron chi connectivity index (χ2n) is 6.25. The highest BCUT2D eigenvalue weighted by atomic mass is 16.2. The Morgan fingerprint density at radius 3 is 2.37 bits per heavy atom. The zero-order valence-electron chi connectivity index (χ0n) is 15.1. The van der Waals surface area contributed by atoms with E-state index < -0.39 is 11.8 Å². The van der Waals surface area contributed by atoms with Crippen LogP contribution in [0.3, 0.4) is 0 Å². The van der Waals surface area contributed by atoms with Crippen LogP contribution < -0.4 is 10.7 Å². The van der Waals surface area contributed by atoms with E-state index in [9.17, 15) is 9.59 Å². The number of anilines is 1. The van der Waals surface area contributed by atoms with Crippen LogP contribution in [0.4, 0.5) is 5.69 Å². The highest BCUT2D eigenvalue weighted by Gasteiger charge is 2.14. The fraction of sp³-hybridized carbons (Fsp3) is 0.136. The van der Waals surface area contributed by atoms with Crippen LogP contribution in [0.5, 0.6) is 0 Å². The van der Waals surface area contributed by atoms with E-state index in [2.05, 4.69) is 15.8 Å².